The number of hydrogen-bond donors (Lipinski definition) is 2. The zero-order valence-electron chi connectivity index (χ0n) is 23.6. The molecule has 4 bridgehead atoms. The highest BCUT2D eigenvalue weighted by molar-refractivity contribution is 6.05. The lowest BCUT2D eigenvalue weighted by Gasteiger charge is -2.40. The number of fused-ring (bicyclic) bond motifs is 9. The fourth-order valence-electron chi connectivity index (χ4n) is 6.61. The average molecular weight is 541 g/mol. The average Bonchev–Trinajstić information content (AvgIpc) is 3.57. The van der Waals surface area contributed by atoms with Crippen LogP contribution >= 0.6 is 0 Å². The summed E-state index contributed by atoms with van der Waals surface area (Å²) in [6, 6.07) is 10.6. The SMILES string of the molecule is CNC1CN(c2ccc3nc4n(c3c2)C[C@@H]2CC[C@H](COc3c(c(C)nn3C)-c3cc(cc(C)n3)C(=O)N4)C2)C1. The normalized spacial score (nSPS) is 21.2. The first kappa shape index (κ1) is 25.1. The molecule has 5 heterocycles. The summed E-state index contributed by atoms with van der Waals surface area (Å²) in [5.41, 5.74) is 6.80. The molecule has 2 aliphatic heterocycles. The van der Waals surface area contributed by atoms with Gasteiger partial charge in [-0.2, -0.15) is 5.10 Å². The van der Waals surface area contributed by atoms with Gasteiger partial charge in [-0.05, 0) is 82.3 Å². The third-order valence-electron chi connectivity index (χ3n) is 8.80. The van der Waals surface area contributed by atoms with Crippen molar-refractivity contribution < 1.29 is 9.53 Å². The number of amides is 1. The molecule has 0 unspecified atom stereocenters. The molecule has 2 fully saturated rings. The molecule has 2 N–H and O–H groups in total. The highest BCUT2D eigenvalue weighted by Crippen LogP contribution is 2.38. The summed E-state index contributed by atoms with van der Waals surface area (Å²) in [6.07, 6.45) is 3.30. The largest absolute Gasteiger partial charge is 0.477 e. The van der Waals surface area contributed by atoms with Crippen molar-refractivity contribution in [1.82, 2.24) is 29.6 Å². The van der Waals surface area contributed by atoms with Crippen molar-refractivity contribution in [3.63, 3.8) is 0 Å². The number of aromatic nitrogens is 5. The minimum absolute atomic E-state index is 0.202. The second kappa shape index (κ2) is 9.62. The number of imidazole rings is 1. The van der Waals surface area contributed by atoms with Crippen LogP contribution in [0.3, 0.4) is 0 Å². The highest BCUT2D eigenvalue weighted by atomic mass is 16.5. The van der Waals surface area contributed by atoms with Crippen LogP contribution < -0.4 is 20.3 Å². The minimum Gasteiger partial charge on any atom is -0.477 e. The molecule has 7 rings (SSSR count). The molecule has 3 aliphatic rings. The Labute approximate surface area is 233 Å². The van der Waals surface area contributed by atoms with Crippen molar-refractivity contribution in [1.29, 1.82) is 0 Å². The molecule has 1 amide bonds. The first-order valence-corrected chi connectivity index (χ1v) is 14.3. The number of benzene rings is 1. The first-order valence-electron chi connectivity index (χ1n) is 14.3. The first-order chi connectivity index (χ1) is 19.4. The topological polar surface area (TPSA) is 102 Å². The number of carbonyl (C=O) groups excluding carboxylic acids is 1. The molecule has 3 aromatic heterocycles. The molecule has 1 saturated heterocycles. The van der Waals surface area contributed by atoms with E-state index in [0.717, 1.165) is 66.9 Å². The molecule has 40 heavy (non-hydrogen) atoms. The predicted molar refractivity (Wildman–Crippen MR) is 155 cm³/mol. The van der Waals surface area contributed by atoms with Crippen molar-refractivity contribution in [2.75, 3.05) is 37.0 Å². The Balaban J connectivity index is 1.31. The van der Waals surface area contributed by atoms with Crippen LogP contribution in [0.5, 0.6) is 5.88 Å². The fourth-order valence-corrected chi connectivity index (χ4v) is 6.61. The van der Waals surface area contributed by atoms with Gasteiger partial charge >= 0.3 is 0 Å². The Morgan fingerprint density at radius 3 is 2.70 bits per heavy atom. The summed E-state index contributed by atoms with van der Waals surface area (Å²) in [5.74, 6) is 2.04. The molecule has 0 spiro atoms. The number of likely N-dealkylation sites (N-methyl/N-ethyl adjacent to an activating group) is 1. The smallest absolute Gasteiger partial charge is 0.258 e. The van der Waals surface area contributed by atoms with Crippen molar-refractivity contribution >= 4 is 28.6 Å². The van der Waals surface area contributed by atoms with Gasteiger partial charge < -0.3 is 19.5 Å². The fraction of sp³-hybridized carbons (Fsp3) is 0.467. The number of nitrogens with one attached hydrogen (secondary N) is 2. The predicted octanol–water partition coefficient (Wildman–Crippen LogP) is 3.92. The van der Waals surface area contributed by atoms with Crippen LogP contribution in [0.15, 0.2) is 30.3 Å². The molecule has 1 aliphatic carbocycles. The molecule has 4 aromatic rings. The van der Waals surface area contributed by atoms with Gasteiger partial charge in [-0.25, -0.2) is 9.67 Å². The molecule has 208 valence electrons. The van der Waals surface area contributed by atoms with E-state index in [2.05, 4.69) is 43.4 Å². The molecular formula is C30H36N8O2. The van der Waals surface area contributed by atoms with E-state index in [9.17, 15) is 4.79 Å². The summed E-state index contributed by atoms with van der Waals surface area (Å²) < 4.78 is 10.4. The van der Waals surface area contributed by atoms with E-state index in [0.29, 0.717) is 47.6 Å². The van der Waals surface area contributed by atoms with Crippen LogP contribution in [-0.4, -0.2) is 63.0 Å². The third-order valence-corrected chi connectivity index (χ3v) is 8.80. The maximum atomic E-state index is 13.7. The van der Waals surface area contributed by atoms with Gasteiger partial charge in [0.2, 0.25) is 11.8 Å². The standard InChI is InChI=1S/C30H36N8O2/c1-17-9-21-11-25(32-17)27-18(2)35-36(4)29(27)40-16-20-6-5-19(10-20)13-38-26-12-23(37-14-22(15-37)31-3)7-8-24(26)33-30(38)34-28(21)39/h7-9,11-12,19-20,22,31H,5-6,10,13-16H2,1-4H3,(H,33,34,39)/t19-,20+/m1/s1. The summed E-state index contributed by atoms with van der Waals surface area (Å²) in [5, 5.41) is 11.1. The summed E-state index contributed by atoms with van der Waals surface area (Å²) in [7, 11) is 3.92. The lowest BCUT2D eigenvalue weighted by atomic mass is 10.1. The van der Waals surface area contributed by atoms with Crippen molar-refractivity contribution in [2.45, 2.75) is 45.7 Å². The zero-order valence-corrected chi connectivity index (χ0v) is 23.6. The van der Waals surface area contributed by atoms with Crippen molar-refractivity contribution in [2.24, 2.45) is 18.9 Å². The van der Waals surface area contributed by atoms with Crippen LogP contribution in [0.1, 0.15) is 41.0 Å². The van der Waals surface area contributed by atoms with Crippen LogP contribution in [0, 0.1) is 25.7 Å². The molecule has 1 saturated carbocycles. The van der Waals surface area contributed by atoms with Gasteiger partial charge in [-0.3, -0.25) is 15.1 Å². The molecule has 10 heteroatoms. The second-order valence-electron chi connectivity index (χ2n) is 11.7. The van der Waals surface area contributed by atoms with Crippen molar-refractivity contribution in [3.8, 4) is 17.1 Å². The number of carbonyl (C=O) groups is 1. The summed E-state index contributed by atoms with van der Waals surface area (Å²) in [4.78, 5) is 25.8. The van der Waals surface area contributed by atoms with E-state index in [-0.39, 0.29) is 5.91 Å². The number of hydrogen-bond acceptors (Lipinski definition) is 7. The van der Waals surface area contributed by atoms with E-state index >= 15 is 0 Å². The molecule has 0 radical (unpaired) electrons. The molecular weight excluding hydrogens is 504 g/mol. The number of rotatable bonds is 2. The Morgan fingerprint density at radius 1 is 1.05 bits per heavy atom. The lowest BCUT2D eigenvalue weighted by Crippen LogP contribution is -2.57. The number of anilines is 2. The van der Waals surface area contributed by atoms with E-state index in [1.54, 1.807) is 4.68 Å². The van der Waals surface area contributed by atoms with Gasteiger partial charge in [0, 0.05) is 49.7 Å². The number of nitrogens with zero attached hydrogens (tertiary/aromatic N) is 6. The van der Waals surface area contributed by atoms with Gasteiger partial charge in [-0.15, -0.1) is 0 Å². The van der Waals surface area contributed by atoms with E-state index in [1.165, 1.54) is 5.69 Å². The molecule has 10 nitrogen and oxygen atoms in total. The third kappa shape index (κ3) is 4.30. The lowest BCUT2D eigenvalue weighted by molar-refractivity contribution is 0.102. The van der Waals surface area contributed by atoms with Gasteiger partial charge in [0.05, 0.1) is 34.6 Å². The summed E-state index contributed by atoms with van der Waals surface area (Å²) in [6.45, 7) is 7.30. The summed E-state index contributed by atoms with van der Waals surface area (Å²) >= 11 is 0. The number of ether oxygens (including phenoxy) is 1. The monoisotopic (exact) mass is 540 g/mol. The Kier molecular flexibility index (Phi) is 6.03. The van der Waals surface area contributed by atoms with E-state index in [4.69, 9.17) is 14.7 Å². The van der Waals surface area contributed by atoms with Gasteiger partial charge in [-0.1, -0.05) is 0 Å². The zero-order chi connectivity index (χ0) is 27.5. The van der Waals surface area contributed by atoms with Crippen LogP contribution in [0.2, 0.25) is 0 Å². The Bertz CT molecular complexity index is 1620. The maximum absolute atomic E-state index is 13.7. The van der Waals surface area contributed by atoms with E-state index < -0.39 is 0 Å². The van der Waals surface area contributed by atoms with Crippen LogP contribution in [0.4, 0.5) is 11.6 Å². The van der Waals surface area contributed by atoms with Crippen LogP contribution in [-0.2, 0) is 13.6 Å². The van der Waals surface area contributed by atoms with Gasteiger partial charge in [0.15, 0.2) is 0 Å². The minimum atomic E-state index is -0.202. The van der Waals surface area contributed by atoms with E-state index in [1.807, 2.05) is 40.1 Å². The van der Waals surface area contributed by atoms with Gasteiger partial charge in [0.1, 0.15) is 0 Å². The Hall–Kier alpha value is -3.92. The highest BCUT2D eigenvalue weighted by Gasteiger charge is 2.30. The quantitative estimate of drug-likeness (QED) is 0.397. The molecule has 2 atom stereocenters. The van der Waals surface area contributed by atoms with Crippen LogP contribution in [0.25, 0.3) is 22.3 Å². The second-order valence-corrected chi connectivity index (χ2v) is 11.7. The maximum Gasteiger partial charge on any atom is 0.258 e. The Morgan fingerprint density at radius 2 is 1.88 bits per heavy atom. The molecule has 1 aromatic carbocycles. The number of aryl methyl sites for hydroxylation is 3. The van der Waals surface area contributed by atoms with Crippen molar-refractivity contribution in [3.05, 3.63) is 47.3 Å². The van der Waals surface area contributed by atoms with Gasteiger partial charge in [0.25, 0.3) is 5.91 Å². The number of pyridine rings is 1.